The van der Waals surface area contributed by atoms with Crippen molar-refractivity contribution in [2.24, 2.45) is 11.7 Å². The molecule has 0 amide bonds. The van der Waals surface area contributed by atoms with Crippen LogP contribution in [0.3, 0.4) is 0 Å². The van der Waals surface area contributed by atoms with Gasteiger partial charge in [0.15, 0.2) is 0 Å². The molecule has 0 radical (unpaired) electrons. The van der Waals surface area contributed by atoms with Crippen molar-refractivity contribution in [2.45, 2.75) is 38.1 Å². The standard InChI is InChI=1S/C18H27Cl2N3.3ClH/c19-16-2-1-3-17(18(16)20)23-12-10-22(11-13-23)9-8-14-4-6-15(21)7-5-14;;;/h1-3,14-15H,4-13,21H2;3*1H. The average molecular weight is 466 g/mol. The second-order valence-electron chi connectivity index (χ2n) is 6.97. The summed E-state index contributed by atoms with van der Waals surface area (Å²) in [5.41, 5.74) is 7.06. The summed E-state index contributed by atoms with van der Waals surface area (Å²) in [6, 6.07) is 6.34. The van der Waals surface area contributed by atoms with E-state index in [4.69, 9.17) is 28.9 Å². The second kappa shape index (κ2) is 12.8. The summed E-state index contributed by atoms with van der Waals surface area (Å²) in [7, 11) is 0. The van der Waals surface area contributed by atoms with Gasteiger partial charge >= 0.3 is 0 Å². The van der Waals surface area contributed by atoms with Gasteiger partial charge in [-0.15, -0.1) is 37.2 Å². The summed E-state index contributed by atoms with van der Waals surface area (Å²) in [5.74, 6) is 0.884. The molecule has 1 aromatic carbocycles. The molecule has 3 rings (SSSR count). The van der Waals surface area contributed by atoms with Crippen LogP contribution in [0.25, 0.3) is 0 Å². The highest BCUT2D eigenvalue weighted by atomic mass is 35.5. The molecule has 0 spiro atoms. The Labute approximate surface area is 186 Å². The van der Waals surface area contributed by atoms with Gasteiger partial charge in [-0.25, -0.2) is 0 Å². The minimum Gasteiger partial charge on any atom is -0.368 e. The topological polar surface area (TPSA) is 32.5 Å². The number of rotatable bonds is 4. The van der Waals surface area contributed by atoms with E-state index in [0.29, 0.717) is 16.1 Å². The number of hydrogen-bond acceptors (Lipinski definition) is 3. The van der Waals surface area contributed by atoms with Crippen molar-refractivity contribution in [3.8, 4) is 0 Å². The molecule has 0 aromatic heterocycles. The minimum absolute atomic E-state index is 0. The molecule has 1 aliphatic carbocycles. The van der Waals surface area contributed by atoms with E-state index in [9.17, 15) is 0 Å². The quantitative estimate of drug-likeness (QED) is 0.656. The summed E-state index contributed by atoms with van der Waals surface area (Å²) >= 11 is 12.5. The first-order chi connectivity index (χ1) is 11.1. The zero-order chi connectivity index (χ0) is 16.2. The van der Waals surface area contributed by atoms with Gasteiger partial charge in [0.1, 0.15) is 0 Å². The fourth-order valence-electron chi connectivity index (χ4n) is 3.79. The average Bonchev–Trinajstić information content (AvgIpc) is 2.57. The SMILES string of the molecule is Cl.Cl.Cl.NC1CCC(CCN2CCN(c3cccc(Cl)c3Cl)CC2)CC1. The van der Waals surface area contributed by atoms with Crippen molar-refractivity contribution >= 4 is 66.1 Å². The third-order valence-electron chi connectivity index (χ3n) is 5.39. The van der Waals surface area contributed by atoms with Crippen molar-refractivity contribution < 1.29 is 0 Å². The number of benzene rings is 1. The number of nitrogens with two attached hydrogens (primary N) is 1. The van der Waals surface area contributed by atoms with Crippen LogP contribution >= 0.6 is 60.4 Å². The van der Waals surface area contributed by atoms with E-state index in [1.165, 1.54) is 38.6 Å². The molecule has 8 heteroatoms. The molecule has 1 aliphatic heterocycles. The van der Waals surface area contributed by atoms with Crippen LogP contribution in [0.15, 0.2) is 18.2 Å². The Morgan fingerprint density at radius 3 is 2.15 bits per heavy atom. The highest BCUT2D eigenvalue weighted by Gasteiger charge is 2.22. The lowest BCUT2D eigenvalue weighted by Crippen LogP contribution is -2.47. The molecule has 3 nitrogen and oxygen atoms in total. The molecule has 0 atom stereocenters. The van der Waals surface area contributed by atoms with E-state index >= 15 is 0 Å². The summed E-state index contributed by atoms with van der Waals surface area (Å²) in [6.45, 7) is 5.48. The van der Waals surface area contributed by atoms with Gasteiger partial charge in [0.25, 0.3) is 0 Å². The molecule has 0 unspecified atom stereocenters. The van der Waals surface area contributed by atoms with Gasteiger partial charge < -0.3 is 10.6 Å². The van der Waals surface area contributed by atoms with Crippen LogP contribution in [0, 0.1) is 5.92 Å². The lowest BCUT2D eigenvalue weighted by Gasteiger charge is -2.37. The molecule has 152 valence electrons. The number of halogens is 5. The van der Waals surface area contributed by atoms with Gasteiger partial charge in [-0.2, -0.15) is 0 Å². The monoisotopic (exact) mass is 463 g/mol. The Kier molecular flexibility index (Phi) is 13.0. The predicted molar refractivity (Wildman–Crippen MR) is 121 cm³/mol. The van der Waals surface area contributed by atoms with Gasteiger partial charge in [-0.1, -0.05) is 29.3 Å². The molecule has 2 N–H and O–H groups in total. The van der Waals surface area contributed by atoms with E-state index in [-0.39, 0.29) is 37.2 Å². The van der Waals surface area contributed by atoms with Gasteiger partial charge in [-0.05, 0) is 56.7 Å². The molecule has 2 fully saturated rings. The Bertz CT molecular complexity index is 516. The maximum atomic E-state index is 6.34. The van der Waals surface area contributed by atoms with Crippen LogP contribution in [0.4, 0.5) is 5.69 Å². The number of anilines is 1. The van der Waals surface area contributed by atoms with Gasteiger partial charge in [0.05, 0.1) is 15.7 Å². The fraction of sp³-hybridized carbons (Fsp3) is 0.667. The molecular weight excluding hydrogens is 435 g/mol. The first-order valence-electron chi connectivity index (χ1n) is 8.80. The van der Waals surface area contributed by atoms with E-state index in [2.05, 4.69) is 15.9 Å². The second-order valence-corrected chi connectivity index (χ2v) is 7.76. The molecule has 1 saturated carbocycles. The summed E-state index contributed by atoms with van der Waals surface area (Å²) in [5, 5.41) is 1.32. The fourth-order valence-corrected chi connectivity index (χ4v) is 4.21. The number of nitrogens with zero attached hydrogens (tertiary/aromatic N) is 2. The number of hydrogen-bond donors (Lipinski definition) is 1. The Hall–Kier alpha value is 0.390. The van der Waals surface area contributed by atoms with Gasteiger partial charge in [0.2, 0.25) is 0 Å². The zero-order valence-electron chi connectivity index (χ0n) is 14.9. The van der Waals surface area contributed by atoms with Crippen molar-refractivity contribution in [3.05, 3.63) is 28.2 Å². The molecular formula is C18H30Cl5N3. The van der Waals surface area contributed by atoms with E-state index in [1.54, 1.807) is 0 Å². The van der Waals surface area contributed by atoms with Crippen molar-refractivity contribution in [2.75, 3.05) is 37.6 Å². The molecule has 2 aliphatic rings. The third-order valence-corrected chi connectivity index (χ3v) is 6.20. The van der Waals surface area contributed by atoms with E-state index < -0.39 is 0 Å². The Balaban J connectivity index is 0.00000208. The van der Waals surface area contributed by atoms with Gasteiger partial charge in [0, 0.05) is 32.2 Å². The zero-order valence-corrected chi connectivity index (χ0v) is 18.9. The van der Waals surface area contributed by atoms with Crippen molar-refractivity contribution in [1.82, 2.24) is 4.90 Å². The first-order valence-corrected chi connectivity index (χ1v) is 9.56. The summed E-state index contributed by atoms with van der Waals surface area (Å²) < 4.78 is 0. The van der Waals surface area contributed by atoms with Crippen LogP contribution < -0.4 is 10.6 Å². The van der Waals surface area contributed by atoms with Crippen LogP contribution in [0.2, 0.25) is 10.0 Å². The van der Waals surface area contributed by atoms with Crippen LogP contribution in [-0.2, 0) is 0 Å². The van der Waals surface area contributed by atoms with Crippen LogP contribution in [0.1, 0.15) is 32.1 Å². The lowest BCUT2D eigenvalue weighted by atomic mass is 9.84. The lowest BCUT2D eigenvalue weighted by molar-refractivity contribution is 0.217. The normalized spacial score (nSPS) is 23.4. The Morgan fingerprint density at radius 2 is 1.54 bits per heavy atom. The predicted octanol–water partition coefficient (Wildman–Crippen LogP) is 5.29. The summed E-state index contributed by atoms with van der Waals surface area (Å²) in [6.07, 6.45) is 6.39. The van der Waals surface area contributed by atoms with E-state index in [1.807, 2.05) is 12.1 Å². The van der Waals surface area contributed by atoms with E-state index in [0.717, 1.165) is 37.8 Å². The maximum Gasteiger partial charge on any atom is 0.0825 e. The smallest absolute Gasteiger partial charge is 0.0825 e. The minimum atomic E-state index is 0. The Morgan fingerprint density at radius 1 is 0.923 bits per heavy atom. The van der Waals surface area contributed by atoms with Crippen molar-refractivity contribution in [1.29, 1.82) is 0 Å². The summed E-state index contributed by atoms with van der Waals surface area (Å²) in [4.78, 5) is 4.94. The molecule has 0 bridgehead atoms. The van der Waals surface area contributed by atoms with Crippen LogP contribution in [0.5, 0.6) is 0 Å². The molecule has 26 heavy (non-hydrogen) atoms. The molecule has 1 saturated heterocycles. The van der Waals surface area contributed by atoms with Gasteiger partial charge in [-0.3, -0.25) is 4.90 Å². The molecule has 1 heterocycles. The first kappa shape index (κ1) is 26.4. The third kappa shape index (κ3) is 7.09. The molecule has 1 aromatic rings. The maximum absolute atomic E-state index is 6.34. The highest BCUT2D eigenvalue weighted by molar-refractivity contribution is 6.43. The number of piperazine rings is 1. The van der Waals surface area contributed by atoms with Crippen molar-refractivity contribution in [3.63, 3.8) is 0 Å². The largest absolute Gasteiger partial charge is 0.368 e. The van der Waals surface area contributed by atoms with Crippen LogP contribution in [-0.4, -0.2) is 43.7 Å². The highest BCUT2D eigenvalue weighted by Crippen LogP contribution is 2.33.